The Morgan fingerprint density at radius 3 is 2.23 bits per heavy atom. The highest BCUT2D eigenvalue weighted by Crippen LogP contribution is 2.09. The summed E-state index contributed by atoms with van der Waals surface area (Å²) in [5, 5.41) is 17.9. The van der Waals surface area contributed by atoms with Crippen molar-refractivity contribution in [1.29, 1.82) is 0 Å². The minimum atomic E-state index is -3.78. The molecular weight excluding hydrogens is 306 g/mol. The predicted octanol–water partition coefficient (Wildman–Crippen LogP) is 0.803. The normalized spacial score (nSPS) is 11.5. The van der Waals surface area contributed by atoms with E-state index in [0.29, 0.717) is 5.56 Å². The lowest BCUT2D eigenvalue weighted by molar-refractivity contribution is 0.0955. The van der Waals surface area contributed by atoms with Gasteiger partial charge in [0.25, 0.3) is 5.91 Å². The summed E-state index contributed by atoms with van der Waals surface area (Å²) in [5.41, 5.74) is 3.25. The Hall–Kier alpha value is -2.71. The van der Waals surface area contributed by atoms with Crippen LogP contribution in [0.15, 0.2) is 58.5 Å². The second-order valence-corrected chi connectivity index (χ2v) is 5.92. The molecular formula is C14H13N3O4S. The van der Waals surface area contributed by atoms with Crippen LogP contribution >= 0.6 is 0 Å². The number of phenols is 1. The number of nitrogens with zero attached hydrogens (tertiary/aromatic N) is 1. The Morgan fingerprint density at radius 1 is 1.09 bits per heavy atom. The van der Waals surface area contributed by atoms with E-state index in [-0.39, 0.29) is 16.2 Å². The summed E-state index contributed by atoms with van der Waals surface area (Å²) < 4.78 is 22.2. The second kappa shape index (κ2) is 6.37. The summed E-state index contributed by atoms with van der Waals surface area (Å²) in [6.45, 7) is 0. The summed E-state index contributed by atoms with van der Waals surface area (Å²) in [5.74, 6) is -0.355. The Balaban J connectivity index is 2.02. The van der Waals surface area contributed by atoms with Gasteiger partial charge in [-0.15, -0.1) is 0 Å². The lowest BCUT2D eigenvalue weighted by Crippen LogP contribution is -2.18. The molecule has 0 unspecified atom stereocenters. The van der Waals surface area contributed by atoms with Gasteiger partial charge in [-0.2, -0.15) is 5.10 Å². The second-order valence-electron chi connectivity index (χ2n) is 4.36. The molecule has 22 heavy (non-hydrogen) atoms. The van der Waals surface area contributed by atoms with Gasteiger partial charge >= 0.3 is 0 Å². The van der Waals surface area contributed by atoms with Crippen LogP contribution in [-0.2, 0) is 10.0 Å². The number of carbonyl (C=O) groups excluding carboxylic acids is 1. The number of carbonyl (C=O) groups is 1. The standard InChI is InChI=1S/C14H13N3O4S/c15-22(20,21)13-7-3-11(4-8-13)14(19)17-16-9-10-1-5-12(18)6-2-10/h1-9,18H,(H,17,19)(H2,15,20,21)/b16-9+. The first kappa shape index (κ1) is 15.7. The quantitative estimate of drug-likeness (QED) is 0.570. The van der Waals surface area contributed by atoms with E-state index in [9.17, 15) is 13.2 Å². The number of nitrogens with one attached hydrogen (secondary N) is 1. The Morgan fingerprint density at radius 2 is 1.68 bits per heavy atom. The Bertz CT molecular complexity index is 797. The number of phenolic OH excluding ortho intramolecular Hbond substituents is 1. The van der Waals surface area contributed by atoms with Crippen LogP contribution in [0.5, 0.6) is 5.75 Å². The minimum absolute atomic E-state index is 0.0726. The van der Waals surface area contributed by atoms with Gasteiger partial charge in [-0.05, 0) is 54.1 Å². The Labute approximate surface area is 127 Å². The number of hydrogen-bond donors (Lipinski definition) is 3. The van der Waals surface area contributed by atoms with E-state index in [4.69, 9.17) is 10.2 Å². The highest BCUT2D eigenvalue weighted by Gasteiger charge is 2.09. The van der Waals surface area contributed by atoms with Crippen molar-refractivity contribution >= 4 is 22.1 Å². The maximum atomic E-state index is 11.8. The summed E-state index contributed by atoms with van der Waals surface area (Å²) in [4.78, 5) is 11.7. The van der Waals surface area contributed by atoms with Crippen LogP contribution in [0.1, 0.15) is 15.9 Å². The fourth-order valence-electron chi connectivity index (χ4n) is 1.59. The topological polar surface area (TPSA) is 122 Å². The highest BCUT2D eigenvalue weighted by atomic mass is 32.2. The van der Waals surface area contributed by atoms with Crippen molar-refractivity contribution in [2.45, 2.75) is 4.90 Å². The van der Waals surface area contributed by atoms with Crippen LogP contribution in [0, 0.1) is 0 Å². The fourth-order valence-corrected chi connectivity index (χ4v) is 2.10. The summed E-state index contributed by atoms with van der Waals surface area (Å²) in [6.07, 6.45) is 1.41. The molecule has 1 amide bonds. The lowest BCUT2D eigenvalue weighted by atomic mass is 10.2. The van der Waals surface area contributed by atoms with Crippen LogP contribution in [-0.4, -0.2) is 25.6 Å². The van der Waals surface area contributed by atoms with Crippen molar-refractivity contribution in [2.24, 2.45) is 10.2 Å². The fraction of sp³-hybridized carbons (Fsp3) is 0. The molecule has 0 aliphatic rings. The van der Waals surface area contributed by atoms with E-state index in [0.717, 1.165) is 0 Å². The number of hydrogen-bond acceptors (Lipinski definition) is 5. The van der Waals surface area contributed by atoms with E-state index in [1.807, 2.05) is 0 Å². The molecule has 8 heteroatoms. The molecule has 0 heterocycles. The van der Waals surface area contributed by atoms with Crippen molar-refractivity contribution in [3.63, 3.8) is 0 Å². The van der Waals surface area contributed by atoms with Gasteiger partial charge in [0.15, 0.2) is 0 Å². The third kappa shape index (κ3) is 4.14. The minimum Gasteiger partial charge on any atom is -0.508 e. The van der Waals surface area contributed by atoms with Crippen LogP contribution in [0.2, 0.25) is 0 Å². The number of hydrazone groups is 1. The van der Waals surface area contributed by atoms with Gasteiger partial charge in [0.1, 0.15) is 5.75 Å². The SMILES string of the molecule is NS(=O)(=O)c1ccc(C(=O)N/N=C/c2ccc(O)cc2)cc1. The van der Waals surface area contributed by atoms with E-state index < -0.39 is 15.9 Å². The zero-order valence-electron chi connectivity index (χ0n) is 11.3. The molecule has 0 saturated heterocycles. The summed E-state index contributed by atoms with van der Waals surface area (Å²) in [6, 6.07) is 11.4. The summed E-state index contributed by atoms with van der Waals surface area (Å²) in [7, 11) is -3.78. The van der Waals surface area contributed by atoms with Crippen molar-refractivity contribution in [3.8, 4) is 5.75 Å². The maximum Gasteiger partial charge on any atom is 0.271 e. The predicted molar refractivity (Wildman–Crippen MR) is 81.0 cm³/mol. The number of sulfonamides is 1. The van der Waals surface area contributed by atoms with Crippen LogP contribution in [0.3, 0.4) is 0 Å². The first-order chi connectivity index (χ1) is 10.4. The van der Waals surface area contributed by atoms with E-state index in [2.05, 4.69) is 10.5 Å². The molecule has 0 radical (unpaired) electrons. The third-order valence-corrected chi connectivity index (χ3v) is 3.65. The monoisotopic (exact) mass is 319 g/mol. The highest BCUT2D eigenvalue weighted by molar-refractivity contribution is 7.89. The van der Waals surface area contributed by atoms with Gasteiger partial charge < -0.3 is 5.11 Å². The first-order valence-corrected chi connectivity index (χ1v) is 7.66. The van der Waals surface area contributed by atoms with Gasteiger partial charge in [-0.1, -0.05) is 0 Å². The van der Waals surface area contributed by atoms with Crippen molar-refractivity contribution in [2.75, 3.05) is 0 Å². The van der Waals surface area contributed by atoms with Gasteiger partial charge in [-0.25, -0.2) is 19.0 Å². The van der Waals surface area contributed by atoms with Gasteiger partial charge in [0.2, 0.25) is 10.0 Å². The molecule has 2 aromatic carbocycles. The number of aromatic hydroxyl groups is 1. The average Bonchev–Trinajstić information content (AvgIpc) is 2.48. The zero-order valence-corrected chi connectivity index (χ0v) is 12.1. The van der Waals surface area contributed by atoms with Gasteiger partial charge in [0.05, 0.1) is 11.1 Å². The number of primary sulfonamides is 1. The average molecular weight is 319 g/mol. The number of nitrogens with two attached hydrogens (primary N) is 1. The lowest BCUT2D eigenvalue weighted by Gasteiger charge is -2.01. The molecule has 0 aromatic heterocycles. The van der Waals surface area contributed by atoms with Crippen LogP contribution in [0.25, 0.3) is 0 Å². The van der Waals surface area contributed by atoms with Crippen LogP contribution in [0.4, 0.5) is 0 Å². The molecule has 0 atom stereocenters. The van der Waals surface area contributed by atoms with Gasteiger partial charge in [-0.3, -0.25) is 4.79 Å². The molecule has 2 aromatic rings. The first-order valence-electron chi connectivity index (χ1n) is 6.11. The molecule has 0 aliphatic heterocycles. The molecule has 0 bridgehead atoms. The van der Waals surface area contributed by atoms with Crippen molar-refractivity contribution in [1.82, 2.24) is 5.43 Å². The van der Waals surface area contributed by atoms with E-state index in [1.54, 1.807) is 12.1 Å². The number of amides is 1. The molecule has 7 nitrogen and oxygen atoms in total. The maximum absolute atomic E-state index is 11.8. The van der Waals surface area contributed by atoms with E-state index in [1.165, 1.54) is 42.6 Å². The number of benzene rings is 2. The molecule has 0 saturated carbocycles. The smallest absolute Gasteiger partial charge is 0.271 e. The molecule has 0 fully saturated rings. The Kier molecular flexibility index (Phi) is 4.54. The van der Waals surface area contributed by atoms with Crippen molar-refractivity contribution < 1.29 is 18.3 Å². The third-order valence-electron chi connectivity index (χ3n) is 2.72. The van der Waals surface area contributed by atoms with Gasteiger partial charge in [0, 0.05) is 5.56 Å². The van der Waals surface area contributed by atoms with Crippen molar-refractivity contribution in [3.05, 3.63) is 59.7 Å². The molecule has 114 valence electrons. The molecule has 4 N–H and O–H groups in total. The number of rotatable bonds is 4. The molecule has 2 rings (SSSR count). The van der Waals surface area contributed by atoms with E-state index >= 15 is 0 Å². The molecule has 0 spiro atoms. The van der Waals surface area contributed by atoms with Crippen LogP contribution < -0.4 is 10.6 Å². The molecule has 0 aliphatic carbocycles. The zero-order chi connectivity index (χ0) is 16.2. The summed E-state index contributed by atoms with van der Waals surface area (Å²) >= 11 is 0. The largest absolute Gasteiger partial charge is 0.508 e.